The average molecular weight is 394 g/mol. The van der Waals surface area contributed by atoms with E-state index in [2.05, 4.69) is 0 Å². The molecule has 0 aliphatic carbocycles. The second kappa shape index (κ2) is 11.2. The van der Waals surface area contributed by atoms with Crippen LogP contribution in [-0.2, 0) is 38.2 Å². The van der Waals surface area contributed by atoms with Crippen LogP contribution in [-0.4, -0.2) is 32.3 Å². The molecule has 1 unspecified atom stereocenters. The molecule has 0 heterocycles. The third-order valence-electron chi connectivity index (χ3n) is 3.05. The third kappa shape index (κ3) is 7.32. The quantitative estimate of drug-likeness (QED) is 0.435. The molecule has 0 saturated carbocycles. The molecular weight excluding hydrogens is 366 g/mol. The van der Waals surface area contributed by atoms with Crippen molar-refractivity contribution in [2.75, 3.05) is 26.4 Å². The molecule has 0 bridgehead atoms. The fraction of sp³-hybridized carbons (Fsp3) is 0.625. The van der Waals surface area contributed by atoms with E-state index in [4.69, 9.17) is 22.6 Å². The van der Waals surface area contributed by atoms with E-state index in [1.54, 1.807) is 27.7 Å². The Morgan fingerprint density at radius 3 is 1.72 bits per heavy atom. The molecule has 1 aromatic rings. The lowest BCUT2D eigenvalue weighted by molar-refractivity contribution is 0.0893. The van der Waals surface area contributed by atoms with Crippen molar-refractivity contribution in [2.45, 2.75) is 40.0 Å². The normalized spacial score (nSPS) is 13.8. The first-order valence-electron chi connectivity index (χ1n) is 8.43. The van der Waals surface area contributed by atoms with Crippen molar-refractivity contribution in [1.29, 1.82) is 0 Å². The fourth-order valence-corrected chi connectivity index (χ4v) is 5.72. The van der Waals surface area contributed by atoms with Gasteiger partial charge in [-0.3, -0.25) is 18.1 Å². The zero-order chi connectivity index (χ0) is 18.8. The van der Waals surface area contributed by atoms with E-state index in [0.717, 1.165) is 5.56 Å². The Bertz CT molecular complexity index is 559. The summed E-state index contributed by atoms with van der Waals surface area (Å²) >= 11 is 0. The minimum absolute atomic E-state index is 0.128. The van der Waals surface area contributed by atoms with Gasteiger partial charge >= 0.3 is 15.4 Å². The van der Waals surface area contributed by atoms with Crippen molar-refractivity contribution in [2.24, 2.45) is 0 Å². The highest BCUT2D eigenvalue weighted by molar-refractivity contribution is 7.56. The fourth-order valence-electron chi connectivity index (χ4n) is 2.15. The zero-order valence-electron chi connectivity index (χ0n) is 15.3. The van der Waals surface area contributed by atoms with Crippen molar-refractivity contribution < 1.29 is 31.7 Å². The van der Waals surface area contributed by atoms with Crippen LogP contribution in [0.5, 0.6) is 0 Å². The summed E-state index contributed by atoms with van der Waals surface area (Å²) in [5, 5.41) is 0. The Balaban J connectivity index is 3.16. The van der Waals surface area contributed by atoms with Crippen LogP contribution < -0.4 is 0 Å². The molecule has 25 heavy (non-hydrogen) atoms. The Labute approximate surface area is 150 Å². The maximum absolute atomic E-state index is 13.2. The van der Waals surface area contributed by atoms with Gasteiger partial charge in [0.15, 0.2) is 5.85 Å². The highest BCUT2D eigenvalue weighted by atomic mass is 31.2. The van der Waals surface area contributed by atoms with E-state index in [-0.39, 0.29) is 32.8 Å². The molecule has 0 fully saturated rings. The molecule has 0 spiro atoms. The summed E-state index contributed by atoms with van der Waals surface area (Å²) in [6.07, 6.45) is 0.183. The first-order chi connectivity index (χ1) is 11.9. The van der Waals surface area contributed by atoms with Crippen molar-refractivity contribution in [3.8, 4) is 0 Å². The molecule has 7 nitrogen and oxygen atoms in total. The van der Waals surface area contributed by atoms with Crippen molar-refractivity contribution in [1.82, 2.24) is 0 Å². The summed E-state index contributed by atoms with van der Waals surface area (Å²) in [7, 11) is -7.58. The molecule has 0 aliphatic rings. The first-order valence-corrected chi connectivity index (χ1v) is 11.5. The van der Waals surface area contributed by atoms with E-state index >= 15 is 0 Å². The molecule has 1 aromatic carbocycles. The molecule has 0 aromatic heterocycles. The Hall–Kier alpha value is -0.520. The van der Waals surface area contributed by atoms with E-state index < -0.39 is 21.3 Å². The van der Waals surface area contributed by atoms with Crippen molar-refractivity contribution >= 4 is 15.4 Å². The standard InChI is InChI=1S/C16H28O7P2/c1-5-19-24(17,20-6-2)16(14-15-12-10-9-11-13-15)23-25(18,21-7-3)22-8-4/h9-13,16H,5-8,14H2,1-4H3. The van der Waals surface area contributed by atoms with Gasteiger partial charge in [-0.1, -0.05) is 30.3 Å². The zero-order valence-corrected chi connectivity index (χ0v) is 17.0. The Morgan fingerprint density at radius 1 is 0.800 bits per heavy atom. The second-order valence-electron chi connectivity index (χ2n) is 4.91. The summed E-state index contributed by atoms with van der Waals surface area (Å²) < 4.78 is 52.7. The lowest BCUT2D eigenvalue weighted by Gasteiger charge is -2.28. The maximum atomic E-state index is 13.2. The van der Waals surface area contributed by atoms with Crippen LogP contribution >= 0.6 is 15.4 Å². The van der Waals surface area contributed by atoms with E-state index in [0.29, 0.717) is 0 Å². The molecule has 0 radical (unpaired) electrons. The number of hydrogen-bond donors (Lipinski definition) is 0. The number of phosphoric acid groups is 1. The van der Waals surface area contributed by atoms with E-state index in [1.165, 1.54) is 0 Å². The van der Waals surface area contributed by atoms with Gasteiger partial charge in [0.2, 0.25) is 0 Å². The molecule has 0 saturated heterocycles. The average Bonchev–Trinajstić information content (AvgIpc) is 2.56. The van der Waals surface area contributed by atoms with Crippen LogP contribution in [0.15, 0.2) is 30.3 Å². The molecule has 1 atom stereocenters. The molecule has 144 valence electrons. The predicted octanol–water partition coefficient (Wildman–Crippen LogP) is 5.02. The monoisotopic (exact) mass is 394 g/mol. The van der Waals surface area contributed by atoms with Gasteiger partial charge in [-0.2, -0.15) is 0 Å². The van der Waals surface area contributed by atoms with Crippen LogP contribution in [0.25, 0.3) is 0 Å². The van der Waals surface area contributed by atoms with Gasteiger partial charge < -0.3 is 9.05 Å². The number of benzene rings is 1. The minimum atomic E-state index is -3.89. The van der Waals surface area contributed by atoms with Gasteiger partial charge in [0.05, 0.1) is 26.4 Å². The lowest BCUT2D eigenvalue weighted by atomic mass is 10.2. The topological polar surface area (TPSA) is 80.3 Å². The lowest BCUT2D eigenvalue weighted by Crippen LogP contribution is -2.20. The number of phosphoric ester groups is 1. The van der Waals surface area contributed by atoms with Crippen LogP contribution in [0.4, 0.5) is 0 Å². The van der Waals surface area contributed by atoms with Gasteiger partial charge in [-0.15, -0.1) is 0 Å². The van der Waals surface area contributed by atoms with Gasteiger partial charge in [0, 0.05) is 6.42 Å². The molecule has 0 N–H and O–H groups in total. The van der Waals surface area contributed by atoms with Crippen LogP contribution in [0.3, 0.4) is 0 Å². The predicted molar refractivity (Wildman–Crippen MR) is 96.7 cm³/mol. The SMILES string of the molecule is CCOP(=O)(OCC)OC(Cc1ccccc1)P(=O)(OCC)OCC. The largest absolute Gasteiger partial charge is 0.475 e. The maximum Gasteiger partial charge on any atom is 0.475 e. The second-order valence-corrected chi connectivity index (χ2v) is 8.70. The highest BCUT2D eigenvalue weighted by Crippen LogP contribution is 2.61. The van der Waals surface area contributed by atoms with Crippen LogP contribution in [0.2, 0.25) is 0 Å². The molecule has 0 aliphatic heterocycles. The third-order valence-corrected chi connectivity index (χ3v) is 7.11. The summed E-state index contributed by atoms with van der Waals surface area (Å²) in [6, 6.07) is 9.28. The van der Waals surface area contributed by atoms with Crippen LogP contribution in [0, 0.1) is 0 Å². The van der Waals surface area contributed by atoms with Gasteiger partial charge in [0.1, 0.15) is 0 Å². The summed E-state index contributed by atoms with van der Waals surface area (Å²) in [5.41, 5.74) is 0.840. The van der Waals surface area contributed by atoms with Gasteiger partial charge in [-0.25, -0.2) is 4.57 Å². The molecule has 9 heteroatoms. The summed E-state index contributed by atoms with van der Waals surface area (Å²) in [4.78, 5) is 0. The molecule has 1 rings (SSSR count). The molecule has 0 amide bonds. The number of rotatable bonds is 13. The minimum Gasteiger partial charge on any atom is -0.307 e. The van der Waals surface area contributed by atoms with Crippen molar-refractivity contribution in [3.05, 3.63) is 35.9 Å². The highest BCUT2D eigenvalue weighted by Gasteiger charge is 2.43. The van der Waals surface area contributed by atoms with Crippen LogP contribution in [0.1, 0.15) is 33.3 Å². The smallest absolute Gasteiger partial charge is 0.307 e. The van der Waals surface area contributed by atoms with E-state index in [9.17, 15) is 9.13 Å². The summed E-state index contributed by atoms with van der Waals surface area (Å²) in [6.45, 7) is 7.34. The van der Waals surface area contributed by atoms with Crippen molar-refractivity contribution in [3.63, 3.8) is 0 Å². The summed E-state index contributed by atoms with van der Waals surface area (Å²) in [5.74, 6) is -1.11. The Kier molecular flexibility index (Phi) is 10.1. The number of hydrogen-bond acceptors (Lipinski definition) is 7. The van der Waals surface area contributed by atoms with E-state index in [1.807, 2.05) is 30.3 Å². The molecular formula is C16H28O7P2. The first kappa shape index (κ1) is 22.5. The van der Waals surface area contributed by atoms with Gasteiger partial charge in [-0.05, 0) is 33.3 Å². The van der Waals surface area contributed by atoms with Gasteiger partial charge in [0.25, 0.3) is 0 Å². The Morgan fingerprint density at radius 2 is 1.28 bits per heavy atom.